The van der Waals surface area contributed by atoms with Gasteiger partial charge in [0.15, 0.2) is 0 Å². The van der Waals surface area contributed by atoms with Gasteiger partial charge in [0.2, 0.25) is 0 Å². The summed E-state index contributed by atoms with van der Waals surface area (Å²) in [7, 11) is 0. The highest BCUT2D eigenvalue weighted by molar-refractivity contribution is 6.18. The lowest BCUT2D eigenvalue weighted by Crippen LogP contribution is -2.32. The molecule has 0 saturated heterocycles. The normalized spacial score (nSPS) is 14.5. The van der Waals surface area contributed by atoms with Crippen molar-refractivity contribution in [3.8, 4) is 0 Å². The van der Waals surface area contributed by atoms with E-state index in [9.17, 15) is 9.59 Å². The molecule has 0 saturated carbocycles. The number of nitrogens with one attached hydrogen (secondary N) is 1. The van der Waals surface area contributed by atoms with Crippen LogP contribution >= 0.6 is 0 Å². The lowest BCUT2D eigenvalue weighted by molar-refractivity contribution is 0.133. The largest absolute Gasteiger partial charge is 0.448 e. The zero-order valence-corrected chi connectivity index (χ0v) is 19.2. The summed E-state index contributed by atoms with van der Waals surface area (Å²) in [5.74, 6) is 0. The fourth-order valence-electron chi connectivity index (χ4n) is 5.03. The van der Waals surface area contributed by atoms with Crippen molar-refractivity contribution in [3.05, 3.63) is 101 Å². The molecule has 6 rings (SSSR count). The van der Waals surface area contributed by atoms with E-state index in [1.54, 1.807) is 10.6 Å². The van der Waals surface area contributed by atoms with E-state index in [0.717, 1.165) is 30.3 Å². The van der Waals surface area contributed by atoms with Crippen LogP contribution in [0.1, 0.15) is 12.0 Å². The second kappa shape index (κ2) is 8.89. The number of pyridine rings is 1. The third-order valence-electron chi connectivity index (χ3n) is 6.79. The number of ether oxygens (including phenoxy) is 1. The number of rotatable bonds is 4. The molecule has 174 valence electrons. The molecule has 0 spiro atoms. The van der Waals surface area contributed by atoms with E-state index in [0.29, 0.717) is 35.1 Å². The Bertz CT molecular complexity index is 1650. The first-order valence-electron chi connectivity index (χ1n) is 11.9. The molecule has 0 unspecified atom stereocenters. The molecule has 0 bridgehead atoms. The monoisotopic (exact) mass is 463 g/mol. The molecule has 3 heterocycles. The van der Waals surface area contributed by atoms with E-state index < -0.39 is 6.09 Å². The van der Waals surface area contributed by atoms with Gasteiger partial charge in [0.25, 0.3) is 5.56 Å². The smallest absolute Gasteiger partial charge is 0.419 e. The summed E-state index contributed by atoms with van der Waals surface area (Å²) in [4.78, 5) is 31.3. The molecule has 2 aromatic heterocycles. The van der Waals surface area contributed by atoms with E-state index in [2.05, 4.69) is 40.2 Å². The van der Waals surface area contributed by atoms with Crippen LogP contribution in [0.2, 0.25) is 0 Å². The standard InChI is InChI=1S/C29H25N3O3/c33-28-23-11-5-4-10-22(23)27-26(30-28)24-12-6-7-13-25(24)32(27)29(34)35-19-18-31-16-14-21(15-17-31)20-8-2-1-3-9-20/h1-14H,15-19H2,(H,30,33). The van der Waals surface area contributed by atoms with Crippen molar-refractivity contribution in [2.45, 2.75) is 6.42 Å². The van der Waals surface area contributed by atoms with Gasteiger partial charge in [0.1, 0.15) is 6.61 Å². The van der Waals surface area contributed by atoms with Crippen molar-refractivity contribution >= 4 is 44.4 Å². The average molecular weight is 464 g/mol. The second-order valence-corrected chi connectivity index (χ2v) is 8.84. The Morgan fingerprint density at radius 1 is 0.886 bits per heavy atom. The minimum absolute atomic E-state index is 0.169. The van der Waals surface area contributed by atoms with Gasteiger partial charge in [-0.3, -0.25) is 9.69 Å². The SMILES string of the molecule is O=C(OCCN1CC=C(c2ccccc2)CC1)n1c2ccccc2c2[nH]c(=O)c3ccccc3c21. The third kappa shape index (κ3) is 3.82. The molecule has 6 nitrogen and oxygen atoms in total. The minimum atomic E-state index is -0.439. The number of benzene rings is 3. The van der Waals surface area contributed by atoms with Gasteiger partial charge in [-0.25, -0.2) is 9.36 Å². The van der Waals surface area contributed by atoms with Gasteiger partial charge in [0, 0.05) is 35.8 Å². The first-order chi connectivity index (χ1) is 17.2. The third-order valence-corrected chi connectivity index (χ3v) is 6.79. The number of carbonyl (C=O) groups excluding carboxylic acids is 1. The van der Waals surface area contributed by atoms with Crippen LogP contribution in [0.3, 0.4) is 0 Å². The van der Waals surface area contributed by atoms with Crippen LogP contribution in [0.4, 0.5) is 4.79 Å². The van der Waals surface area contributed by atoms with Gasteiger partial charge in [-0.15, -0.1) is 0 Å². The maximum atomic E-state index is 13.4. The van der Waals surface area contributed by atoms with Gasteiger partial charge in [0.05, 0.1) is 16.6 Å². The Kier molecular flexibility index (Phi) is 5.43. The van der Waals surface area contributed by atoms with Gasteiger partial charge in [-0.1, -0.05) is 72.8 Å². The lowest BCUT2D eigenvalue weighted by Gasteiger charge is -2.26. The summed E-state index contributed by atoms with van der Waals surface area (Å²) < 4.78 is 7.36. The fraction of sp³-hybridized carbons (Fsp3) is 0.172. The molecule has 0 radical (unpaired) electrons. The Labute approximate surface area is 202 Å². The van der Waals surface area contributed by atoms with Gasteiger partial charge >= 0.3 is 6.09 Å². The Hall–Kier alpha value is -4.16. The minimum Gasteiger partial charge on any atom is -0.448 e. The van der Waals surface area contributed by atoms with E-state index >= 15 is 0 Å². The highest BCUT2D eigenvalue weighted by Gasteiger charge is 2.21. The molecule has 35 heavy (non-hydrogen) atoms. The predicted octanol–water partition coefficient (Wildman–Crippen LogP) is 5.41. The number of H-pyrrole nitrogens is 1. The van der Waals surface area contributed by atoms with Crippen molar-refractivity contribution in [1.82, 2.24) is 14.5 Å². The molecule has 6 heteroatoms. The number of aromatic amines is 1. The Balaban J connectivity index is 1.25. The summed E-state index contributed by atoms with van der Waals surface area (Å²) >= 11 is 0. The molecule has 1 aliphatic rings. The molecule has 1 aliphatic heterocycles. The summed E-state index contributed by atoms with van der Waals surface area (Å²) in [5, 5.41) is 2.09. The molecule has 5 aromatic rings. The Morgan fingerprint density at radius 2 is 1.60 bits per heavy atom. The molecule has 0 fully saturated rings. The maximum absolute atomic E-state index is 13.4. The van der Waals surface area contributed by atoms with E-state index in [4.69, 9.17) is 4.74 Å². The highest BCUT2D eigenvalue weighted by Crippen LogP contribution is 2.31. The van der Waals surface area contributed by atoms with Crippen molar-refractivity contribution in [2.24, 2.45) is 0 Å². The van der Waals surface area contributed by atoms with E-state index in [-0.39, 0.29) is 5.56 Å². The molecular formula is C29H25N3O3. The number of hydrogen-bond donors (Lipinski definition) is 1. The number of para-hydroxylation sites is 1. The number of hydrogen-bond acceptors (Lipinski definition) is 4. The van der Waals surface area contributed by atoms with E-state index in [1.165, 1.54) is 11.1 Å². The highest BCUT2D eigenvalue weighted by atomic mass is 16.5. The number of carbonyl (C=O) groups is 1. The van der Waals surface area contributed by atoms with Crippen LogP contribution in [0.25, 0.3) is 38.3 Å². The Morgan fingerprint density at radius 3 is 2.37 bits per heavy atom. The zero-order chi connectivity index (χ0) is 23.8. The summed E-state index contributed by atoms with van der Waals surface area (Å²) in [6.45, 7) is 2.73. The van der Waals surface area contributed by atoms with Crippen molar-refractivity contribution in [2.75, 3.05) is 26.2 Å². The van der Waals surface area contributed by atoms with Crippen LogP contribution in [0.15, 0.2) is 89.7 Å². The summed E-state index contributed by atoms with van der Waals surface area (Å²) in [5.41, 5.74) is 4.50. The van der Waals surface area contributed by atoms with E-state index in [1.807, 2.05) is 48.5 Å². The van der Waals surface area contributed by atoms with Crippen LogP contribution < -0.4 is 5.56 Å². The molecule has 0 amide bonds. The number of fused-ring (bicyclic) bond motifs is 5. The van der Waals surface area contributed by atoms with Gasteiger partial charge in [-0.05, 0) is 29.7 Å². The van der Waals surface area contributed by atoms with Gasteiger partial charge in [-0.2, -0.15) is 0 Å². The second-order valence-electron chi connectivity index (χ2n) is 8.84. The first kappa shape index (κ1) is 21.4. The molecular weight excluding hydrogens is 438 g/mol. The van der Waals surface area contributed by atoms with Crippen molar-refractivity contribution in [3.63, 3.8) is 0 Å². The predicted molar refractivity (Wildman–Crippen MR) is 140 cm³/mol. The number of aromatic nitrogens is 2. The summed E-state index contributed by atoms with van der Waals surface area (Å²) in [6, 6.07) is 25.4. The zero-order valence-electron chi connectivity index (χ0n) is 19.2. The van der Waals surface area contributed by atoms with Crippen LogP contribution in [0.5, 0.6) is 0 Å². The molecule has 3 aromatic carbocycles. The number of nitrogens with zero attached hydrogens (tertiary/aromatic N) is 2. The molecule has 0 atom stereocenters. The quantitative estimate of drug-likeness (QED) is 0.387. The average Bonchev–Trinajstić information content (AvgIpc) is 3.24. The van der Waals surface area contributed by atoms with Crippen LogP contribution in [0, 0.1) is 0 Å². The summed E-state index contributed by atoms with van der Waals surface area (Å²) in [6.07, 6.45) is 2.80. The maximum Gasteiger partial charge on any atom is 0.419 e. The van der Waals surface area contributed by atoms with Crippen LogP contribution in [-0.4, -0.2) is 46.8 Å². The first-order valence-corrected chi connectivity index (χ1v) is 11.9. The van der Waals surface area contributed by atoms with Crippen molar-refractivity contribution < 1.29 is 9.53 Å². The van der Waals surface area contributed by atoms with Gasteiger partial charge < -0.3 is 9.72 Å². The van der Waals surface area contributed by atoms with Crippen LogP contribution in [-0.2, 0) is 4.74 Å². The lowest BCUT2D eigenvalue weighted by atomic mass is 10.00. The molecule has 1 N–H and O–H groups in total. The van der Waals surface area contributed by atoms with Crippen molar-refractivity contribution in [1.29, 1.82) is 0 Å². The molecule has 0 aliphatic carbocycles. The topological polar surface area (TPSA) is 67.3 Å². The fourth-order valence-corrected chi connectivity index (χ4v) is 5.03.